The van der Waals surface area contributed by atoms with Gasteiger partial charge >= 0.3 is 5.97 Å². The maximum Gasteiger partial charge on any atom is 0.306 e. The number of allylic oxidation sites excluding steroid dienone is 21. The second-order valence-corrected chi connectivity index (χ2v) is 19.4. The third-order valence-corrected chi connectivity index (χ3v) is 12.7. The van der Waals surface area contributed by atoms with Crippen LogP contribution in [0.15, 0.2) is 134 Å². The molecule has 8 unspecified atom stereocenters. The molecule has 0 spiro atoms. The lowest BCUT2D eigenvalue weighted by molar-refractivity contribution is -0.305. The zero-order chi connectivity index (χ0) is 54.7. The number of hydrogen-bond acceptors (Lipinski definition) is 10. The molecule has 75 heavy (non-hydrogen) atoms. The van der Waals surface area contributed by atoms with Gasteiger partial charge in [0, 0.05) is 6.42 Å². The number of unbranched alkanes of at least 4 members (excludes halogenated alkanes) is 16. The third kappa shape index (κ3) is 38.9. The zero-order valence-electron chi connectivity index (χ0n) is 46.6. The van der Waals surface area contributed by atoms with Crippen LogP contribution in [-0.2, 0) is 23.8 Å². The lowest BCUT2D eigenvalue weighted by Gasteiger charge is -2.41. The van der Waals surface area contributed by atoms with Gasteiger partial charge in [-0.2, -0.15) is 0 Å². The molecule has 1 aliphatic heterocycles. The SMILES string of the molecule is CC/C=C\C/C=C\C/C=C\C/C=C\C/C=C\CCCCCCCC(=O)OC1C(OCC(NC(=O)C(O)CC/C=C/C=C\C=C/C=C/C=C/CC)C(O)/C=C/CCCCCCCCCCCCC)OC(CO)C(O)C1O. The van der Waals surface area contributed by atoms with Crippen LogP contribution >= 0.6 is 0 Å². The van der Waals surface area contributed by atoms with Crippen LogP contribution in [0.3, 0.4) is 0 Å². The summed E-state index contributed by atoms with van der Waals surface area (Å²) in [7, 11) is 0. The number of carbonyl (C=O) groups is 2. The summed E-state index contributed by atoms with van der Waals surface area (Å²) >= 11 is 0. The van der Waals surface area contributed by atoms with Crippen LogP contribution in [0.2, 0.25) is 0 Å². The molecule has 0 saturated carbocycles. The number of aliphatic hydroxyl groups is 5. The van der Waals surface area contributed by atoms with Crippen LogP contribution in [0, 0.1) is 0 Å². The molecule has 1 rings (SSSR count). The topological polar surface area (TPSA) is 175 Å². The molecule has 0 aliphatic carbocycles. The Morgan fingerprint density at radius 3 is 1.57 bits per heavy atom. The normalized spacial score (nSPS) is 20.2. The van der Waals surface area contributed by atoms with E-state index in [4.69, 9.17) is 14.2 Å². The van der Waals surface area contributed by atoms with Gasteiger partial charge in [0.2, 0.25) is 5.91 Å². The molecular weight excluding hydrogens is 943 g/mol. The molecule has 1 aliphatic rings. The first-order valence-corrected chi connectivity index (χ1v) is 29.0. The lowest BCUT2D eigenvalue weighted by Crippen LogP contribution is -2.61. The maximum absolute atomic E-state index is 13.3. The first-order chi connectivity index (χ1) is 36.7. The Kier molecular flexibility index (Phi) is 46.4. The van der Waals surface area contributed by atoms with E-state index in [-0.39, 0.29) is 19.4 Å². The van der Waals surface area contributed by atoms with E-state index < -0.39 is 67.4 Å². The van der Waals surface area contributed by atoms with Crippen LogP contribution in [0.5, 0.6) is 0 Å². The summed E-state index contributed by atoms with van der Waals surface area (Å²) in [6.45, 7) is 5.44. The van der Waals surface area contributed by atoms with E-state index in [1.54, 1.807) is 6.08 Å². The fourth-order valence-electron chi connectivity index (χ4n) is 8.12. The first kappa shape index (κ1) is 68.8. The molecule has 0 aromatic rings. The van der Waals surface area contributed by atoms with Crippen molar-refractivity contribution in [1.29, 1.82) is 0 Å². The Morgan fingerprint density at radius 1 is 0.547 bits per heavy atom. The fraction of sp³-hybridized carbons (Fsp3) is 0.625. The Bertz CT molecular complexity index is 1720. The second kappa shape index (κ2) is 50.6. The van der Waals surface area contributed by atoms with Gasteiger partial charge in [0.25, 0.3) is 0 Å². The monoisotopic (exact) mass is 1050 g/mol. The van der Waals surface area contributed by atoms with Crippen molar-refractivity contribution in [2.24, 2.45) is 0 Å². The number of nitrogens with one attached hydrogen (secondary N) is 1. The Hall–Kier alpha value is -4.20. The van der Waals surface area contributed by atoms with Crippen LogP contribution < -0.4 is 5.32 Å². The highest BCUT2D eigenvalue weighted by atomic mass is 16.7. The minimum Gasteiger partial charge on any atom is -0.454 e. The van der Waals surface area contributed by atoms with Crippen molar-refractivity contribution in [3.8, 4) is 0 Å². The van der Waals surface area contributed by atoms with Crippen molar-refractivity contribution in [3.63, 3.8) is 0 Å². The lowest BCUT2D eigenvalue weighted by atomic mass is 9.99. The van der Waals surface area contributed by atoms with Crippen molar-refractivity contribution in [2.45, 2.75) is 243 Å². The van der Waals surface area contributed by atoms with E-state index in [9.17, 15) is 35.1 Å². The van der Waals surface area contributed by atoms with Gasteiger partial charge in [0.1, 0.15) is 24.4 Å². The highest BCUT2D eigenvalue weighted by molar-refractivity contribution is 5.80. The molecular formula is C64H103NO10. The van der Waals surface area contributed by atoms with Crippen molar-refractivity contribution >= 4 is 11.9 Å². The van der Waals surface area contributed by atoms with E-state index in [1.807, 2.05) is 60.8 Å². The molecule has 1 saturated heterocycles. The predicted octanol–water partition coefficient (Wildman–Crippen LogP) is 13.3. The fourth-order valence-corrected chi connectivity index (χ4v) is 8.12. The average Bonchev–Trinajstić information content (AvgIpc) is 3.41. The van der Waals surface area contributed by atoms with Crippen LogP contribution in [0.1, 0.15) is 194 Å². The number of esters is 1. The number of aliphatic hydroxyl groups excluding tert-OH is 5. The summed E-state index contributed by atoms with van der Waals surface area (Å²) in [5.41, 5.74) is 0. The highest BCUT2D eigenvalue weighted by Gasteiger charge is 2.47. The molecule has 6 N–H and O–H groups in total. The molecule has 0 aromatic heterocycles. The molecule has 1 heterocycles. The minimum atomic E-state index is -1.64. The summed E-state index contributed by atoms with van der Waals surface area (Å²) < 4.78 is 17.5. The van der Waals surface area contributed by atoms with Gasteiger partial charge < -0.3 is 45.1 Å². The van der Waals surface area contributed by atoms with Crippen LogP contribution in [-0.4, -0.2) is 99.6 Å². The van der Waals surface area contributed by atoms with Gasteiger partial charge in [-0.15, -0.1) is 0 Å². The molecule has 1 fully saturated rings. The molecule has 0 radical (unpaired) electrons. The standard InChI is InChI=1S/C64H103NO10/c1-4-7-10-13-16-19-22-25-26-27-28-29-30-31-32-34-37-40-43-46-49-52-59(69)75-62-61(71)60(70)58(53-66)74-64(62)73-54-55(56(67)50-47-44-41-38-36-33-23-20-17-14-11-8-5-2)65-63(72)57(68)51-48-45-42-39-35-24-21-18-15-12-9-6-3/h7,9-10,12,15-16,18-19,21,24-26,28-29,31-32,35,39,42,45,47,50,55-58,60-62,64,66-68,70-71H,4-6,8,11,13-14,17,20,22-23,27,30,33-34,36-38,40-41,43-44,46,48-49,51-54H2,1-3H3,(H,65,72)/b10-7-,12-9+,18-15+,19-16-,24-21-,26-25-,29-28-,32-31-,39-35-,45-42+,50-47+. The molecule has 0 aromatic carbocycles. The summed E-state index contributed by atoms with van der Waals surface area (Å²) in [5, 5.41) is 56.7. The number of rotatable bonds is 46. The molecule has 8 atom stereocenters. The minimum absolute atomic E-state index is 0.0841. The zero-order valence-corrected chi connectivity index (χ0v) is 46.6. The number of amides is 1. The maximum atomic E-state index is 13.3. The predicted molar refractivity (Wildman–Crippen MR) is 310 cm³/mol. The quantitative estimate of drug-likeness (QED) is 0.0149. The first-order valence-electron chi connectivity index (χ1n) is 29.0. The van der Waals surface area contributed by atoms with Crippen molar-refractivity contribution in [3.05, 3.63) is 134 Å². The number of hydrogen-bond donors (Lipinski definition) is 6. The second-order valence-electron chi connectivity index (χ2n) is 19.4. The Morgan fingerprint density at radius 2 is 1.03 bits per heavy atom. The largest absolute Gasteiger partial charge is 0.454 e. The van der Waals surface area contributed by atoms with Crippen molar-refractivity contribution in [1.82, 2.24) is 5.32 Å². The molecule has 1 amide bonds. The van der Waals surface area contributed by atoms with E-state index in [0.29, 0.717) is 12.8 Å². The smallest absolute Gasteiger partial charge is 0.306 e. The van der Waals surface area contributed by atoms with Crippen LogP contribution in [0.4, 0.5) is 0 Å². The number of ether oxygens (including phenoxy) is 3. The average molecular weight is 1050 g/mol. The van der Waals surface area contributed by atoms with E-state index in [2.05, 4.69) is 92.9 Å². The Labute approximate surface area is 454 Å². The summed E-state index contributed by atoms with van der Waals surface area (Å²) in [4.78, 5) is 26.4. The van der Waals surface area contributed by atoms with Gasteiger partial charge in [-0.1, -0.05) is 238 Å². The van der Waals surface area contributed by atoms with E-state index in [1.165, 1.54) is 51.4 Å². The summed E-state index contributed by atoms with van der Waals surface area (Å²) in [6, 6.07) is -1.07. The molecule has 11 nitrogen and oxygen atoms in total. The van der Waals surface area contributed by atoms with Gasteiger partial charge in [-0.05, 0) is 83.5 Å². The Balaban J connectivity index is 2.76. The van der Waals surface area contributed by atoms with Gasteiger partial charge in [-0.25, -0.2) is 0 Å². The third-order valence-electron chi connectivity index (χ3n) is 12.7. The number of carbonyl (C=O) groups excluding carboxylic acids is 2. The van der Waals surface area contributed by atoms with Crippen molar-refractivity contribution in [2.75, 3.05) is 13.2 Å². The molecule has 0 bridgehead atoms. The van der Waals surface area contributed by atoms with Crippen molar-refractivity contribution < 1.29 is 49.3 Å². The molecule has 11 heteroatoms. The molecule has 424 valence electrons. The van der Waals surface area contributed by atoms with E-state index in [0.717, 1.165) is 96.3 Å². The summed E-state index contributed by atoms with van der Waals surface area (Å²) in [5.74, 6) is -1.31. The van der Waals surface area contributed by atoms with Gasteiger partial charge in [-0.3, -0.25) is 9.59 Å². The highest BCUT2D eigenvalue weighted by Crippen LogP contribution is 2.26. The van der Waals surface area contributed by atoms with Gasteiger partial charge in [0.05, 0.1) is 25.4 Å². The summed E-state index contributed by atoms with van der Waals surface area (Å²) in [6.07, 6.45) is 60.8. The van der Waals surface area contributed by atoms with Crippen LogP contribution in [0.25, 0.3) is 0 Å². The van der Waals surface area contributed by atoms with Gasteiger partial charge in [0.15, 0.2) is 12.4 Å². The van der Waals surface area contributed by atoms with E-state index >= 15 is 0 Å².